The highest BCUT2D eigenvalue weighted by molar-refractivity contribution is 5.96. The monoisotopic (exact) mass is 388 g/mol. The normalized spacial score (nSPS) is 11.1. The number of rotatable bonds is 6. The molecule has 2 aromatic heterocycles. The predicted octanol–water partition coefficient (Wildman–Crippen LogP) is 3.33. The lowest BCUT2D eigenvalue weighted by Crippen LogP contribution is -2.21. The van der Waals surface area contributed by atoms with Crippen LogP contribution in [0.2, 0.25) is 0 Å². The zero-order chi connectivity index (χ0) is 20.4. The first-order chi connectivity index (χ1) is 14.1. The van der Waals surface area contributed by atoms with E-state index in [-0.39, 0.29) is 11.1 Å². The van der Waals surface area contributed by atoms with Gasteiger partial charge in [-0.25, -0.2) is 9.31 Å². The predicted molar refractivity (Wildman–Crippen MR) is 109 cm³/mol. The van der Waals surface area contributed by atoms with Crippen molar-refractivity contribution in [3.63, 3.8) is 0 Å². The maximum atomic E-state index is 12.7. The van der Waals surface area contributed by atoms with E-state index in [9.17, 15) is 14.7 Å². The summed E-state index contributed by atoms with van der Waals surface area (Å²) in [5, 5.41) is 14.0. The molecule has 0 atom stereocenters. The highest BCUT2D eigenvalue weighted by Gasteiger charge is 2.17. The van der Waals surface area contributed by atoms with E-state index in [0.717, 1.165) is 23.2 Å². The van der Waals surface area contributed by atoms with Crippen molar-refractivity contribution >= 4 is 11.7 Å². The molecule has 0 radical (unpaired) electrons. The molecule has 0 aliphatic heterocycles. The molecule has 2 heterocycles. The number of fused-ring (bicyclic) bond motifs is 1. The van der Waals surface area contributed by atoms with Gasteiger partial charge in [0.15, 0.2) is 0 Å². The smallest absolute Gasteiger partial charge is 0.336 e. The summed E-state index contributed by atoms with van der Waals surface area (Å²) in [5.41, 5.74) is 3.61. The number of nitrogens with one attached hydrogen (secondary N) is 1. The molecule has 4 aromatic rings. The van der Waals surface area contributed by atoms with Crippen molar-refractivity contribution in [2.24, 2.45) is 0 Å². The van der Waals surface area contributed by atoms with Crippen LogP contribution in [0.4, 0.5) is 0 Å². The van der Waals surface area contributed by atoms with Gasteiger partial charge in [-0.3, -0.25) is 9.78 Å². The highest BCUT2D eigenvalue weighted by atomic mass is 16.4. The third kappa shape index (κ3) is 3.54. The van der Waals surface area contributed by atoms with Gasteiger partial charge in [0.2, 0.25) is 5.78 Å². The Morgan fingerprint density at radius 3 is 2.69 bits per heavy atom. The molecule has 7 heteroatoms. The van der Waals surface area contributed by atoms with Gasteiger partial charge in [0, 0.05) is 12.0 Å². The van der Waals surface area contributed by atoms with Crippen LogP contribution in [-0.4, -0.2) is 30.7 Å². The van der Waals surface area contributed by atoms with E-state index >= 15 is 0 Å². The Bertz CT molecular complexity index is 1240. The second-order valence-electron chi connectivity index (χ2n) is 6.85. The molecule has 0 bridgehead atoms. The number of aryl methyl sites for hydroxylation is 1. The van der Waals surface area contributed by atoms with E-state index in [2.05, 4.69) is 15.1 Å². The molecule has 0 saturated heterocycles. The number of nitrogens with zero attached hydrogens (tertiary/aromatic N) is 3. The fourth-order valence-corrected chi connectivity index (χ4v) is 3.59. The van der Waals surface area contributed by atoms with Gasteiger partial charge in [-0.05, 0) is 29.2 Å². The first-order valence-electron chi connectivity index (χ1n) is 9.44. The van der Waals surface area contributed by atoms with Crippen molar-refractivity contribution in [1.82, 2.24) is 19.6 Å². The fraction of sp³-hybridized carbons (Fsp3) is 0.182. The molecule has 0 aliphatic rings. The number of H-pyrrole nitrogens is 1. The number of aromatic nitrogens is 4. The SMILES string of the molecule is CCCc1c(Cc2ccc(-c3ccccc3)c(C(=O)O)c2)c(=O)[nH]c2ncnn12. The van der Waals surface area contributed by atoms with Crippen LogP contribution in [0.3, 0.4) is 0 Å². The van der Waals surface area contributed by atoms with E-state index in [1.807, 2.05) is 43.3 Å². The molecule has 0 unspecified atom stereocenters. The molecule has 0 spiro atoms. The number of hydrogen-bond acceptors (Lipinski definition) is 4. The summed E-state index contributed by atoms with van der Waals surface area (Å²) in [6, 6.07) is 14.7. The molecule has 0 fully saturated rings. The molecule has 146 valence electrons. The topological polar surface area (TPSA) is 100 Å². The van der Waals surface area contributed by atoms with Crippen molar-refractivity contribution in [3.8, 4) is 11.1 Å². The van der Waals surface area contributed by atoms with Crippen molar-refractivity contribution in [2.45, 2.75) is 26.2 Å². The molecule has 2 aromatic carbocycles. The van der Waals surface area contributed by atoms with E-state index in [1.165, 1.54) is 6.33 Å². The van der Waals surface area contributed by atoms with Crippen LogP contribution in [0.15, 0.2) is 59.7 Å². The lowest BCUT2D eigenvalue weighted by Gasteiger charge is -2.12. The second-order valence-corrected chi connectivity index (χ2v) is 6.85. The zero-order valence-electron chi connectivity index (χ0n) is 15.9. The maximum Gasteiger partial charge on any atom is 0.336 e. The Kier molecular flexibility index (Phi) is 4.95. The molecule has 0 aliphatic carbocycles. The van der Waals surface area contributed by atoms with Gasteiger partial charge < -0.3 is 5.11 Å². The maximum absolute atomic E-state index is 12.7. The van der Waals surface area contributed by atoms with Crippen molar-refractivity contribution in [1.29, 1.82) is 0 Å². The van der Waals surface area contributed by atoms with Crippen LogP contribution in [-0.2, 0) is 12.8 Å². The number of benzene rings is 2. The van der Waals surface area contributed by atoms with Crippen LogP contribution in [0.25, 0.3) is 16.9 Å². The van der Waals surface area contributed by atoms with E-state index in [1.54, 1.807) is 16.6 Å². The first-order valence-corrected chi connectivity index (χ1v) is 9.44. The molecule has 0 saturated carbocycles. The quantitative estimate of drug-likeness (QED) is 0.528. The average molecular weight is 388 g/mol. The van der Waals surface area contributed by atoms with Crippen molar-refractivity contribution in [2.75, 3.05) is 0 Å². The zero-order valence-corrected chi connectivity index (χ0v) is 15.9. The second kappa shape index (κ2) is 7.71. The van der Waals surface area contributed by atoms with Gasteiger partial charge in [0.25, 0.3) is 5.56 Å². The number of carbonyl (C=O) groups is 1. The lowest BCUT2D eigenvalue weighted by atomic mass is 9.94. The molecular formula is C22H20N4O3. The summed E-state index contributed by atoms with van der Waals surface area (Å²) >= 11 is 0. The first kappa shape index (κ1) is 18.6. The van der Waals surface area contributed by atoms with E-state index < -0.39 is 5.97 Å². The summed E-state index contributed by atoms with van der Waals surface area (Å²) in [4.78, 5) is 31.4. The Labute approximate surface area is 166 Å². The Morgan fingerprint density at radius 1 is 1.17 bits per heavy atom. The molecular weight excluding hydrogens is 368 g/mol. The van der Waals surface area contributed by atoms with Crippen LogP contribution < -0.4 is 5.56 Å². The summed E-state index contributed by atoms with van der Waals surface area (Å²) in [6.45, 7) is 2.03. The summed E-state index contributed by atoms with van der Waals surface area (Å²) in [6.07, 6.45) is 3.24. The van der Waals surface area contributed by atoms with Gasteiger partial charge >= 0.3 is 5.97 Å². The molecule has 29 heavy (non-hydrogen) atoms. The minimum Gasteiger partial charge on any atom is -0.478 e. The van der Waals surface area contributed by atoms with E-state index in [4.69, 9.17) is 0 Å². The summed E-state index contributed by atoms with van der Waals surface area (Å²) < 4.78 is 1.65. The van der Waals surface area contributed by atoms with Gasteiger partial charge in [-0.2, -0.15) is 10.1 Å². The third-order valence-corrected chi connectivity index (χ3v) is 4.92. The van der Waals surface area contributed by atoms with Gasteiger partial charge in [0.1, 0.15) is 6.33 Å². The third-order valence-electron chi connectivity index (χ3n) is 4.92. The van der Waals surface area contributed by atoms with Gasteiger partial charge in [-0.1, -0.05) is 55.8 Å². The van der Waals surface area contributed by atoms with Crippen LogP contribution in [0, 0.1) is 0 Å². The standard InChI is InChI=1S/C22H20N4O3/c1-2-6-19-18(20(27)25-22-23-13-24-26(19)22)12-14-9-10-16(17(11-14)21(28)29)15-7-4-3-5-8-15/h3-5,7-11,13H,2,6,12H2,1H3,(H,28,29)(H,23,24,25,27). The number of carboxylic acid groups (broad SMARTS) is 1. The van der Waals surface area contributed by atoms with Gasteiger partial charge in [-0.15, -0.1) is 0 Å². The summed E-state index contributed by atoms with van der Waals surface area (Å²) in [5.74, 6) is -0.590. The minimum atomic E-state index is -1.000. The Balaban J connectivity index is 1.80. The van der Waals surface area contributed by atoms with Gasteiger partial charge in [0.05, 0.1) is 11.3 Å². The largest absolute Gasteiger partial charge is 0.478 e. The highest BCUT2D eigenvalue weighted by Crippen LogP contribution is 2.26. The number of hydrogen-bond donors (Lipinski definition) is 2. The van der Waals surface area contributed by atoms with Crippen LogP contribution in [0.1, 0.15) is 40.5 Å². The van der Waals surface area contributed by atoms with E-state index in [0.29, 0.717) is 29.7 Å². The molecule has 7 nitrogen and oxygen atoms in total. The molecule has 2 N–H and O–H groups in total. The number of aromatic carboxylic acids is 1. The Morgan fingerprint density at radius 2 is 1.97 bits per heavy atom. The van der Waals surface area contributed by atoms with Crippen LogP contribution >= 0.6 is 0 Å². The van der Waals surface area contributed by atoms with Crippen LogP contribution in [0.5, 0.6) is 0 Å². The number of aromatic amines is 1. The minimum absolute atomic E-state index is 0.212. The molecule has 0 amide bonds. The summed E-state index contributed by atoms with van der Waals surface area (Å²) in [7, 11) is 0. The Hall–Kier alpha value is -3.74. The number of carboxylic acids is 1. The van der Waals surface area contributed by atoms with Crippen molar-refractivity contribution in [3.05, 3.63) is 87.6 Å². The lowest BCUT2D eigenvalue weighted by molar-refractivity contribution is 0.0697. The molecule has 4 rings (SSSR count). The fourth-order valence-electron chi connectivity index (χ4n) is 3.59. The van der Waals surface area contributed by atoms with Crippen molar-refractivity contribution < 1.29 is 9.90 Å². The average Bonchev–Trinajstić information content (AvgIpc) is 3.19.